The minimum atomic E-state index is -1.34. The Labute approximate surface area is 131 Å². The van der Waals surface area contributed by atoms with Crippen molar-refractivity contribution in [2.24, 2.45) is 0 Å². The number of nitro groups is 1. The van der Waals surface area contributed by atoms with Crippen molar-refractivity contribution >= 4 is 28.2 Å². The number of rotatable bonds is 3. The van der Waals surface area contributed by atoms with Crippen LogP contribution in [0.25, 0.3) is 21.9 Å². The van der Waals surface area contributed by atoms with Crippen LogP contribution < -0.4 is 5.32 Å². The van der Waals surface area contributed by atoms with E-state index in [1.54, 1.807) is 6.07 Å². The standard InChI is InChI=1S/C17H12N2O4/c20-17(21)18-15-9-8-12(10-16(15)19(22)23)14-7-3-5-11-4-1-2-6-13(11)14/h1-10,18H,(H,20,21). The number of benzene rings is 3. The summed E-state index contributed by atoms with van der Waals surface area (Å²) in [5.74, 6) is 0. The van der Waals surface area contributed by atoms with Gasteiger partial charge in [-0.15, -0.1) is 0 Å². The molecule has 0 aromatic heterocycles. The number of fused-ring (bicyclic) bond motifs is 1. The summed E-state index contributed by atoms with van der Waals surface area (Å²) in [5.41, 5.74) is 1.18. The number of nitrogens with one attached hydrogen (secondary N) is 1. The third-order valence-corrected chi connectivity index (χ3v) is 3.54. The van der Waals surface area contributed by atoms with Gasteiger partial charge in [0, 0.05) is 6.07 Å². The molecule has 0 saturated carbocycles. The molecular weight excluding hydrogens is 296 g/mol. The average Bonchev–Trinajstić information content (AvgIpc) is 2.54. The van der Waals surface area contributed by atoms with E-state index in [0.717, 1.165) is 16.3 Å². The Hall–Kier alpha value is -3.41. The first-order valence-electron chi connectivity index (χ1n) is 6.83. The average molecular weight is 308 g/mol. The van der Waals surface area contributed by atoms with Crippen molar-refractivity contribution in [1.29, 1.82) is 0 Å². The van der Waals surface area contributed by atoms with Gasteiger partial charge < -0.3 is 5.11 Å². The fourth-order valence-corrected chi connectivity index (χ4v) is 2.55. The van der Waals surface area contributed by atoms with E-state index in [4.69, 9.17) is 5.11 Å². The Balaban J connectivity index is 2.18. The highest BCUT2D eigenvalue weighted by Crippen LogP contribution is 2.34. The van der Waals surface area contributed by atoms with Crippen molar-refractivity contribution in [3.63, 3.8) is 0 Å². The summed E-state index contributed by atoms with van der Waals surface area (Å²) in [6.45, 7) is 0. The molecule has 3 rings (SSSR count). The molecule has 0 aliphatic heterocycles. The van der Waals surface area contributed by atoms with Crippen LogP contribution >= 0.6 is 0 Å². The van der Waals surface area contributed by atoms with Gasteiger partial charge in [0.25, 0.3) is 5.69 Å². The van der Waals surface area contributed by atoms with E-state index < -0.39 is 11.0 Å². The molecule has 6 heteroatoms. The first-order valence-corrected chi connectivity index (χ1v) is 6.83. The fraction of sp³-hybridized carbons (Fsp3) is 0. The summed E-state index contributed by atoms with van der Waals surface area (Å²) in [6, 6.07) is 17.9. The second-order valence-corrected chi connectivity index (χ2v) is 4.95. The fourth-order valence-electron chi connectivity index (χ4n) is 2.55. The van der Waals surface area contributed by atoms with Crippen molar-refractivity contribution in [1.82, 2.24) is 0 Å². The molecule has 114 valence electrons. The first kappa shape index (κ1) is 14.5. The zero-order chi connectivity index (χ0) is 16.4. The lowest BCUT2D eigenvalue weighted by Gasteiger charge is -2.09. The summed E-state index contributed by atoms with van der Waals surface area (Å²) in [6.07, 6.45) is -1.34. The molecule has 2 N–H and O–H groups in total. The summed E-state index contributed by atoms with van der Waals surface area (Å²) < 4.78 is 0. The van der Waals surface area contributed by atoms with Gasteiger partial charge in [-0.05, 0) is 28.0 Å². The van der Waals surface area contributed by atoms with E-state index in [0.29, 0.717) is 5.56 Å². The van der Waals surface area contributed by atoms with E-state index in [1.165, 1.54) is 12.1 Å². The molecule has 0 radical (unpaired) electrons. The van der Waals surface area contributed by atoms with Crippen molar-refractivity contribution in [2.75, 3.05) is 5.32 Å². The minimum Gasteiger partial charge on any atom is -0.465 e. The Morgan fingerprint density at radius 3 is 2.52 bits per heavy atom. The number of nitro benzene ring substituents is 1. The third kappa shape index (κ3) is 2.82. The SMILES string of the molecule is O=C(O)Nc1ccc(-c2cccc3ccccc23)cc1[N+](=O)[O-]. The molecule has 0 saturated heterocycles. The number of anilines is 1. The van der Waals surface area contributed by atoms with Gasteiger partial charge in [0.15, 0.2) is 0 Å². The number of nitrogens with zero attached hydrogens (tertiary/aromatic N) is 1. The third-order valence-electron chi connectivity index (χ3n) is 3.54. The number of amides is 1. The van der Waals surface area contributed by atoms with Crippen LogP contribution in [0.5, 0.6) is 0 Å². The maximum absolute atomic E-state index is 11.2. The highest BCUT2D eigenvalue weighted by Gasteiger charge is 2.17. The van der Waals surface area contributed by atoms with E-state index in [-0.39, 0.29) is 11.4 Å². The summed E-state index contributed by atoms with van der Waals surface area (Å²) in [4.78, 5) is 21.4. The molecule has 0 heterocycles. The van der Waals surface area contributed by atoms with Crippen LogP contribution in [0.2, 0.25) is 0 Å². The van der Waals surface area contributed by atoms with Crippen LogP contribution in [0.4, 0.5) is 16.2 Å². The van der Waals surface area contributed by atoms with Gasteiger partial charge in [0.2, 0.25) is 0 Å². The van der Waals surface area contributed by atoms with E-state index >= 15 is 0 Å². The predicted octanol–water partition coefficient (Wildman–Crippen LogP) is 4.50. The highest BCUT2D eigenvalue weighted by molar-refractivity contribution is 5.97. The van der Waals surface area contributed by atoms with Gasteiger partial charge in [-0.2, -0.15) is 0 Å². The monoisotopic (exact) mass is 308 g/mol. The van der Waals surface area contributed by atoms with Gasteiger partial charge in [-0.25, -0.2) is 4.79 Å². The highest BCUT2D eigenvalue weighted by atomic mass is 16.6. The lowest BCUT2D eigenvalue weighted by atomic mass is 9.97. The molecule has 0 aliphatic rings. The Bertz CT molecular complexity index is 916. The number of hydrogen-bond donors (Lipinski definition) is 2. The zero-order valence-electron chi connectivity index (χ0n) is 11.9. The summed E-state index contributed by atoms with van der Waals surface area (Å²) in [5, 5.41) is 24.0. The lowest BCUT2D eigenvalue weighted by Crippen LogP contribution is -2.09. The van der Waals surface area contributed by atoms with Crippen molar-refractivity contribution < 1.29 is 14.8 Å². The lowest BCUT2D eigenvalue weighted by molar-refractivity contribution is -0.383. The summed E-state index contributed by atoms with van der Waals surface area (Å²) >= 11 is 0. The number of hydrogen-bond acceptors (Lipinski definition) is 3. The van der Waals surface area contributed by atoms with Crippen LogP contribution in [-0.4, -0.2) is 16.1 Å². The zero-order valence-corrected chi connectivity index (χ0v) is 11.9. The van der Waals surface area contributed by atoms with Crippen molar-refractivity contribution in [3.8, 4) is 11.1 Å². The predicted molar refractivity (Wildman–Crippen MR) is 87.7 cm³/mol. The van der Waals surface area contributed by atoms with Gasteiger partial charge in [0.1, 0.15) is 5.69 Å². The van der Waals surface area contributed by atoms with Gasteiger partial charge in [-0.3, -0.25) is 15.4 Å². The van der Waals surface area contributed by atoms with Crippen molar-refractivity contribution in [2.45, 2.75) is 0 Å². The van der Waals surface area contributed by atoms with E-state index in [9.17, 15) is 14.9 Å². The number of carboxylic acid groups (broad SMARTS) is 1. The largest absolute Gasteiger partial charge is 0.465 e. The van der Waals surface area contributed by atoms with Gasteiger partial charge >= 0.3 is 6.09 Å². The van der Waals surface area contributed by atoms with E-state index in [2.05, 4.69) is 0 Å². The van der Waals surface area contributed by atoms with Gasteiger partial charge in [0.05, 0.1) is 4.92 Å². The van der Waals surface area contributed by atoms with Crippen LogP contribution in [0.15, 0.2) is 60.7 Å². The minimum absolute atomic E-state index is 0.0495. The Morgan fingerprint density at radius 2 is 1.78 bits per heavy atom. The summed E-state index contributed by atoms with van der Waals surface area (Å²) in [7, 11) is 0. The topological polar surface area (TPSA) is 92.5 Å². The molecule has 3 aromatic carbocycles. The molecular formula is C17H12N2O4. The maximum atomic E-state index is 11.2. The van der Waals surface area contributed by atoms with Crippen molar-refractivity contribution in [3.05, 3.63) is 70.8 Å². The van der Waals surface area contributed by atoms with Crippen LogP contribution in [-0.2, 0) is 0 Å². The second-order valence-electron chi connectivity index (χ2n) is 4.95. The maximum Gasteiger partial charge on any atom is 0.409 e. The first-order chi connectivity index (χ1) is 11.1. The Kier molecular flexibility index (Phi) is 3.64. The Morgan fingerprint density at radius 1 is 1.04 bits per heavy atom. The van der Waals surface area contributed by atoms with Crippen LogP contribution in [0.1, 0.15) is 0 Å². The van der Waals surface area contributed by atoms with Crippen LogP contribution in [0, 0.1) is 10.1 Å². The van der Waals surface area contributed by atoms with E-state index in [1.807, 2.05) is 47.8 Å². The molecule has 0 unspecified atom stereocenters. The normalized spacial score (nSPS) is 10.4. The molecule has 0 bridgehead atoms. The second kappa shape index (κ2) is 5.76. The molecule has 0 fully saturated rings. The molecule has 0 aliphatic carbocycles. The van der Waals surface area contributed by atoms with Gasteiger partial charge in [-0.1, -0.05) is 48.5 Å². The molecule has 6 nitrogen and oxygen atoms in total. The molecule has 1 amide bonds. The molecule has 0 spiro atoms. The molecule has 0 atom stereocenters. The smallest absolute Gasteiger partial charge is 0.409 e. The number of carbonyl (C=O) groups is 1. The quantitative estimate of drug-likeness (QED) is 0.550. The molecule has 23 heavy (non-hydrogen) atoms. The van der Waals surface area contributed by atoms with Crippen LogP contribution in [0.3, 0.4) is 0 Å². The molecule has 3 aromatic rings.